The van der Waals surface area contributed by atoms with Crippen molar-refractivity contribution in [1.82, 2.24) is 0 Å². The van der Waals surface area contributed by atoms with Crippen LogP contribution in [0.25, 0.3) is 0 Å². The van der Waals surface area contributed by atoms with Crippen LogP contribution in [0.1, 0.15) is 15.9 Å². The minimum absolute atomic E-state index is 0.0996. The van der Waals surface area contributed by atoms with Gasteiger partial charge in [0.1, 0.15) is 0 Å². The number of nitro groups is 1. The number of rotatable bonds is 3. The predicted molar refractivity (Wildman–Crippen MR) is 78.8 cm³/mol. The Hall–Kier alpha value is -2.05. The van der Waals surface area contributed by atoms with Crippen LogP contribution >= 0.6 is 15.9 Å². The van der Waals surface area contributed by atoms with Gasteiger partial charge in [-0.3, -0.25) is 14.9 Å². The number of ketones is 1. The first-order chi connectivity index (χ1) is 9.59. The third-order valence-corrected chi connectivity index (χ3v) is 3.13. The van der Waals surface area contributed by atoms with E-state index < -0.39 is 4.92 Å². The maximum atomic E-state index is 12.2. The molecule has 0 aromatic heterocycles. The molecule has 6 heteroatoms. The Labute approximate surface area is 124 Å². The molecule has 0 fully saturated rings. The van der Waals surface area contributed by atoms with Crippen molar-refractivity contribution in [3.8, 4) is 0 Å². The zero-order valence-electron chi connectivity index (χ0n) is 10.6. The molecule has 1 N–H and O–H groups in total. The number of nitrogens with zero attached hydrogens (tertiary/aromatic N) is 1. The molecule has 0 aliphatic heterocycles. The van der Waals surface area contributed by atoms with Crippen molar-refractivity contribution < 1.29 is 14.8 Å². The summed E-state index contributed by atoms with van der Waals surface area (Å²) in [7, 11) is 1.00. The average Bonchev–Trinajstić information content (AvgIpc) is 2.49. The van der Waals surface area contributed by atoms with E-state index in [1.54, 1.807) is 30.3 Å². The molecule has 2 rings (SSSR count). The minimum atomic E-state index is -0.520. The van der Waals surface area contributed by atoms with Gasteiger partial charge in [0.2, 0.25) is 0 Å². The number of nitro benzene ring substituents is 1. The SMILES string of the molecule is CO.O=C(c1ccccc1)c1cc([N+](=O)[O-])ccc1Br. The Balaban J connectivity index is 0.000000956. The zero-order valence-corrected chi connectivity index (χ0v) is 12.2. The maximum absolute atomic E-state index is 12.2. The Morgan fingerprint density at radius 3 is 2.30 bits per heavy atom. The van der Waals surface area contributed by atoms with Crippen LogP contribution in [0.2, 0.25) is 0 Å². The molecule has 20 heavy (non-hydrogen) atoms. The molecule has 5 nitrogen and oxygen atoms in total. The molecular formula is C14H12BrNO4. The third-order valence-electron chi connectivity index (χ3n) is 2.44. The second kappa shape index (κ2) is 7.52. The van der Waals surface area contributed by atoms with Crippen LogP contribution < -0.4 is 0 Å². The van der Waals surface area contributed by atoms with Gasteiger partial charge in [-0.2, -0.15) is 0 Å². The van der Waals surface area contributed by atoms with Crippen molar-refractivity contribution in [3.05, 3.63) is 74.2 Å². The van der Waals surface area contributed by atoms with Crippen molar-refractivity contribution in [1.29, 1.82) is 0 Å². The first kappa shape index (κ1) is 16.0. The molecule has 104 valence electrons. The smallest absolute Gasteiger partial charge is 0.270 e. The summed E-state index contributed by atoms with van der Waals surface area (Å²) in [4.78, 5) is 22.4. The highest BCUT2D eigenvalue weighted by molar-refractivity contribution is 9.10. The number of halogens is 1. The van der Waals surface area contributed by atoms with Gasteiger partial charge in [0.05, 0.1) is 4.92 Å². The fourth-order valence-electron chi connectivity index (χ4n) is 1.55. The zero-order chi connectivity index (χ0) is 15.1. The molecule has 2 aromatic rings. The quantitative estimate of drug-likeness (QED) is 0.529. The monoisotopic (exact) mass is 337 g/mol. The summed E-state index contributed by atoms with van der Waals surface area (Å²) in [6.07, 6.45) is 0. The summed E-state index contributed by atoms with van der Waals surface area (Å²) in [6.45, 7) is 0. The van der Waals surface area contributed by atoms with Crippen LogP contribution in [0.4, 0.5) is 5.69 Å². The molecule has 0 heterocycles. The summed E-state index contributed by atoms with van der Waals surface area (Å²) >= 11 is 3.23. The van der Waals surface area contributed by atoms with Gasteiger partial charge in [0, 0.05) is 34.8 Å². The molecule has 0 saturated carbocycles. The van der Waals surface area contributed by atoms with Gasteiger partial charge in [-0.05, 0) is 6.07 Å². The van der Waals surface area contributed by atoms with Crippen LogP contribution in [0, 0.1) is 10.1 Å². The third kappa shape index (κ3) is 3.72. The first-order valence-corrected chi connectivity index (χ1v) is 6.37. The van der Waals surface area contributed by atoms with Crippen molar-refractivity contribution in [2.45, 2.75) is 0 Å². The molecule has 0 saturated heterocycles. The lowest BCUT2D eigenvalue weighted by Crippen LogP contribution is -2.03. The number of aliphatic hydroxyl groups excluding tert-OH is 1. The van der Waals surface area contributed by atoms with Crippen LogP contribution in [0.3, 0.4) is 0 Å². The van der Waals surface area contributed by atoms with E-state index in [1.165, 1.54) is 18.2 Å². The van der Waals surface area contributed by atoms with Crippen molar-refractivity contribution >= 4 is 27.4 Å². The minimum Gasteiger partial charge on any atom is -0.400 e. The fourth-order valence-corrected chi connectivity index (χ4v) is 1.97. The molecule has 0 spiro atoms. The number of carbonyl (C=O) groups is 1. The van der Waals surface area contributed by atoms with Gasteiger partial charge in [-0.25, -0.2) is 0 Å². The Morgan fingerprint density at radius 1 is 1.15 bits per heavy atom. The number of carbonyl (C=O) groups excluding carboxylic acids is 1. The summed E-state index contributed by atoms with van der Waals surface area (Å²) in [5.41, 5.74) is 0.687. The lowest BCUT2D eigenvalue weighted by atomic mass is 10.0. The normalized spacial score (nSPS) is 9.35. The Bertz CT molecular complexity index is 614. The largest absolute Gasteiger partial charge is 0.400 e. The van der Waals surface area contributed by atoms with E-state index in [2.05, 4.69) is 15.9 Å². The molecule has 0 bridgehead atoms. The molecule has 0 radical (unpaired) electrons. The molecule has 0 atom stereocenters. The van der Waals surface area contributed by atoms with E-state index in [4.69, 9.17) is 5.11 Å². The standard InChI is InChI=1S/C13H8BrNO3.CH4O/c14-12-7-6-10(15(17)18)8-11(12)13(16)9-4-2-1-3-5-9;1-2/h1-8H;2H,1H3. The second-order valence-electron chi connectivity index (χ2n) is 3.62. The fraction of sp³-hybridized carbons (Fsp3) is 0.0714. The summed E-state index contributed by atoms with van der Waals surface area (Å²) in [5.74, 6) is -0.244. The highest BCUT2D eigenvalue weighted by atomic mass is 79.9. The van der Waals surface area contributed by atoms with Crippen LogP contribution in [-0.4, -0.2) is 22.9 Å². The van der Waals surface area contributed by atoms with Gasteiger partial charge in [0.25, 0.3) is 5.69 Å². The molecule has 0 aliphatic carbocycles. The lowest BCUT2D eigenvalue weighted by Gasteiger charge is -2.03. The topological polar surface area (TPSA) is 80.4 Å². The number of hydrogen-bond donors (Lipinski definition) is 1. The average molecular weight is 338 g/mol. The lowest BCUT2D eigenvalue weighted by molar-refractivity contribution is -0.384. The first-order valence-electron chi connectivity index (χ1n) is 5.58. The predicted octanol–water partition coefficient (Wildman–Crippen LogP) is 3.20. The van der Waals surface area contributed by atoms with Gasteiger partial charge in [0.15, 0.2) is 5.78 Å². The van der Waals surface area contributed by atoms with Gasteiger partial charge < -0.3 is 5.11 Å². The number of benzene rings is 2. The van der Waals surface area contributed by atoms with Crippen LogP contribution in [0.5, 0.6) is 0 Å². The van der Waals surface area contributed by atoms with Gasteiger partial charge in [-0.1, -0.05) is 46.3 Å². The molecule has 0 unspecified atom stereocenters. The van der Waals surface area contributed by atoms with E-state index in [0.717, 1.165) is 7.11 Å². The van der Waals surface area contributed by atoms with Crippen LogP contribution in [0.15, 0.2) is 53.0 Å². The van der Waals surface area contributed by atoms with Crippen molar-refractivity contribution in [2.24, 2.45) is 0 Å². The number of non-ortho nitro benzene ring substituents is 1. The number of aliphatic hydroxyl groups is 1. The molecule has 0 aliphatic rings. The maximum Gasteiger partial charge on any atom is 0.270 e. The molecule has 2 aromatic carbocycles. The van der Waals surface area contributed by atoms with Gasteiger partial charge in [-0.15, -0.1) is 0 Å². The summed E-state index contributed by atoms with van der Waals surface area (Å²) < 4.78 is 0.543. The van der Waals surface area contributed by atoms with Gasteiger partial charge >= 0.3 is 0 Å². The van der Waals surface area contributed by atoms with Crippen LogP contribution in [-0.2, 0) is 0 Å². The van der Waals surface area contributed by atoms with Crippen molar-refractivity contribution in [2.75, 3.05) is 7.11 Å². The van der Waals surface area contributed by atoms with E-state index in [-0.39, 0.29) is 17.0 Å². The molecular weight excluding hydrogens is 326 g/mol. The van der Waals surface area contributed by atoms with E-state index in [1.807, 2.05) is 0 Å². The Morgan fingerprint density at radius 2 is 1.75 bits per heavy atom. The Kier molecular flexibility index (Phi) is 6.02. The highest BCUT2D eigenvalue weighted by Crippen LogP contribution is 2.24. The number of hydrogen-bond acceptors (Lipinski definition) is 4. The molecule has 0 amide bonds. The highest BCUT2D eigenvalue weighted by Gasteiger charge is 2.16. The van der Waals surface area contributed by atoms with E-state index in [0.29, 0.717) is 10.0 Å². The van der Waals surface area contributed by atoms with E-state index in [9.17, 15) is 14.9 Å². The van der Waals surface area contributed by atoms with Crippen molar-refractivity contribution in [3.63, 3.8) is 0 Å². The summed E-state index contributed by atoms with van der Waals surface area (Å²) in [6, 6.07) is 12.8. The summed E-state index contributed by atoms with van der Waals surface area (Å²) in [5, 5.41) is 17.7. The second-order valence-corrected chi connectivity index (χ2v) is 4.47. The van der Waals surface area contributed by atoms with E-state index >= 15 is 0 Å².